The van der Waals surface area contributed by atoms with Gasteiger partial charge < -0.3 is 15.4 Å². The van der Waals surface area contributed by atoms with Crippen molar-refractivity contribution in [2.75, 3.05) is 13.1 Å². The number of hydrogen-bond donors (Lipinski definition) is 1. The van der Waals surface area contributed by atoms with E-state index in [-0.39, 0.29) is 17.7 Å². The Kier molecular flexibility index (Phi) is 6.89. The van der Waals surface area contributed by atoms with Gasteiger partial charge in [0, 0.05) is 24.2 Å². The molecule has 198 valence electrons. The molecule has 11 heteroatoms. The van der Waals surface area contributed by atoms with Crippen molar-refractivity contribution in [2.24, 2.45) is 0 Å². The summed E-state index contributed by atoms with van der Waals surface area (Å²) in [5.41, 5.74) is 0.417. The molecule has 0 bridgehead atoms. The number of sulfonamides is 1. The number of carbonyl (C=O) groups excluding carboxylic acids is 3. The molecule has 2 aliphatic rings. The topological polar surface area (TPSA) is 131 Å². The van der Waals surface area contributed by atoms with Crippen LogP contribution in [0, 0.1) is 5.21 Å². The minimum atomic E-state index is -4.25. The molecule has 1 aromatic heterocycles. The number of amides is 2. The van der Waals surface area contributed by atoms with Crippen LogP contribution in [-0.2, 0) is 19.6 Å². The van der Waals surface area contributed by atoms with E-state index in [0.29, 0.717) is 18.4 Å². The lowest BCUT2D eigenvalue weighted by Crippen LogP contribution is -2.52. The Balaban J connectivity index is 1.35. The number of pyridine rings is 1. The van der Waals surface area contributed by atoms with E-state index in [4.69, 9.17) is 0 Å². The maximum absolute atomic E-state index is 13.6. The van der Waals surface area contributed by atoms with Crippen molar-refractivity contribution in [1.82, 2.24) is 14.5 Å². The predicted octanol–water partition coefficient (Wildman–Crippen LogP) is 1.61. The first kappa shape index (κ1) is 25.8. The summed E-state index contributed by atoms with van der Waals surface area (Å²) in [7, 11) is -4.25. The number of benzene rings is 2. The molecule has 10 nitrogen and oxygen atoms in total. The summed E-state index contributed by atoms with van der Waals surface area (Å²) in [5.74, 6) is -1.22. The summed E-state index contributed by atoms with van der Waals surface area (Å²) in [6, 6.07) is 14.4. The Morgan fingerprint density at radius 1 is 1.11 bits per heavy atom. The molecule has 3 aromatic rings. The largest absolute Gasteiger partial charge is 0.618 e. The molecule has 1 N–H and O–H groups in total. The zero-order chi connectivity index (χ0) is 27.0. The van der Waals surface area contributed by atoms with Crippen molar-refractivity contribution in [2.45, 2.75) is 49.3 Å². The van der Waals surface area contributed by atoms with Crippen LogP contribution in [0.2, 0.25) is 0 Å². The molecular formula is C27H28N4O6S. The number of rotatable bonds is 7. The molecule has 2 fully saturated rings. The molecule has 0 aliphatic carbocycles. The summed E-state index contributed by atoms with van der Waals surface area (Å²) in [6.07, 6.45) is 2.32. The summed E-state index contributed by atoms with van der Waals surface area (Å²) in [6.45, 7) is 1.64. The first-order valence-corrected chi connectivity index (χ1v) is 14.0. The third-order valence-corrected chi connectivity index (χ3v) is 9.08. The lowest BCUT2D eigenvalue weighted by molar-refractivity contribution is -0.646. The van der Waals surface area contributed by atoms with Crippen molar-refractivity contribution in [3.05, 3.63) is 77.6 Å². The van der Waals surface area contributed by atoms with E-state index in [1.54, 1.807) is 12.1 Å². The second-order valence-electron chi connectivity index (χ2n) is 9.59. The molecule has 3 heterocycles. The molecule has 2 aliphatic heterocycles. The number of fused-ring (bicyclic) bond motifs is 2. The van der Waals surface area contributed by atoms with Crippen molar-refractivity contribution < 1.29 is 27.5 Å². The van der Waals surface area contributed by atoms with E-state index in [1.165, 1.54) is 23.1 Å². The quantitative estimate of drug-likeness (QED) is 0.361. The number of ketones is 1. The van der Waals surface area contributed by atoms with Crippen LogP contribution in [0.1, 0.15) is 36.5 Å². The molecule has 5 rings (SSSR count). The van der Waals surface area contributed by atoms with Crippen LogP contribution in [0.25, 0.3) is 10.8 Å². The molecule has 2 saturated heterocycles. The zero-order valence-electron chi connectivity index (χ0n) is 20.8. The molecule has 38 heavy (non-hydrogen) atoms. The van der Waals surface area contributed by atoms with Gasteiger partial charge in [0.1, 0.15) is 12.1 Å². The molecular weight excluding hydrogens is 508 g/mol. The number of carbonyl (C=O) groups is 3. The van der Waals surface area contributed by atoms with Gasteiger partial charge >= 0.3 is 15.0 Å². The van der Waals surface area contributed by atoms with Crippen LogP contribution in [0.5, 0.6) is 0 Å². The van der Waals surface area contributed by atoms with E-state index in [9.17, 15) is 28.0 Å². The number of likely N-dealkylation sites (tertiary alicyclic amines) is 1. The third-order valence-electron chi connectivity index (χ3n) is 7.21. The maximum atomic E-state index is 13.6. The number of aromatic nitrogens is 1. The summed E-state index contributed by atoms with van der Waals surface area (Å²) >= 11 is 0. The van der Waals surface area contributed by atoms with Crippen LogP contribution in [0.15, 0.2) is 71.9 Å². The Bertz CT molecular complexity index is 1520. The molecule has 3 unspecified atom stereocenters. The molecule has 3 atom stereocenters. The highest BCUT2D eigenvalue weighted by Gasteiger charge is 2.55. The highest BCUT2D eigenvalue weighted by molar-refractivity contribution is 7.89. The molecule has 0 saturated carbocycles. The number of hydrogen-bond acceptors (Lipinski definition) is 6. The van der Waals surface area contributed by atoms with Crippen LogP contribution >= 0.6 is 0 Å². The van der Waals surface area contributed by atoms with Crippen LogP contribution < -0.4 is 10.0 Å². The van der Waals surface area contributed by atoms with E-state index in [2.05, 4.69) is 5.32 Å². The SMILES string of the molecule is CCCC(NC(=O)c1ccc2ccccc2c1)C(=O)N1CCC2C1C(=O)CN2S(=O)(=O)c1cccc[n+]1[O-]. The highest BCUT2D eigenvalue weighted by atomic mass is 32.2. The smallest absolute Gasteiger partial charge is 0.323 e. The second kappa shape index (κ2) is 10.1. The van der Waals surface area contributed by atoms with Gasteiger partial charge in [-0.05, 0) is 41.8 Å². The number of nitrogens with zero attached hydrogens (tertiary/aromatic N) is 3. The number of nitrogens with one attached hydrogen (secondary N) is 1. The molecule has 2 amide bonds. The Labute approximate surface area is 220 Å². The first-order valence-electron chi connectivity index (χ1n) is 12.5. The Hall–Kier alpha value is -3.83. The fourth-order valence-electron chi connectivity index (χ4n) is 5.39. The van der Waals surface area contributed by atoms with Crippen molar-refractivity contribution >= 4 is 38.4 Å². The van der Waals surface area contributed by atoms with E-state index >= 15 is 0 Å². The van der Waals surface area contributed by atoms with Gasteiger partial charge in [-0.25, -0.2) is 8.42 Å². The average Bonchev–Trinajstić information content (AvgIpc) is 3.49. The second-order valence-corrected chi connectivity index (χ2v) is 11.4. The minimum Gasteiger partial charge on any atom is -0.618 e. The van der Waals surface area contributed by atoms with Crippen molar-refractivity contribution in [1.29, 1.82) is 0 Å². The fraction of sp³-hybridized carbons (Fsp3) is 0.333. The monoisotopic (exact) mass is 536 g/mol. The van der Waals surface area contributed by atoms with Crippen LogP contribution in [0.3, 0.4) is 0 Å². The van der Waals surface area contributed by atoms with Gasteiger partial charge in [-0.3, -0.25) is 14.4 Å². The first-order chi connectivity index (χ1) is 18.2. The highest BCUT2D eigenvalue weighted by Crippen LogP contribution is 2.34. The molecule has 0 radical (unpaired) electrons. The van der Waals surface area contributed by atoms with E-state index in [1.807, 2.05) is 37.3 Å². The van der Waals surface area contributed by atoms with Crippen molar-refractivity contribution in [3.8, 4) is 0 Å². The van der Waals surface area contributed by atoms with Gasteiger partial charge in [0.2, 0.25) is 5.91 Å². The van der Waals surface area contributed by atoms with Gasteiger partial charge in [-0.15, -0.1) is 0 Å². The van der Waals surface area contributed by atoms with Gasteiger partial charge in [-0.1, -0.05) is 43.7 Å². The van der Waals surface area contributed by atoms with Gasteiger partial charge in [0.15, 0.2) is 12.0 Å². The Morgan fingerprint density at radius 2 is 1.84 bits per heavy atom. The van der Waals surface area contributed by atoms with Crippen LogP contribution in [-0.4, -0.2) is 66.4 Å². The average molecular weight is 537 g/mol. The fourth-order valence-corrected chi connectivity index (χ4v) is 7.05. The lowest BCUT2D eigenvalue weighted by Gasteiger charge is -2.28. The van der Waals surface area contributed by atoms with Gasteiger partial charge in [0.25, 0.3) is 5.91 Å². The summed E-state index contributed by atoms with van der Waals surface area (Å²) in [4.78, 5) is 41.1. The third kappa shape index (κ3) is 4.52. The summed E-state index contributed by atoms with van der Waals surface area (Å²) in [5, 5.41) is 16.4. The lowest BCUT2D eigenvalue weighted by atomic mass is 10.0. The van der Waals surface area contributed by atoms with Crippen molar-refractivity contribution in [3.63, 3.8) is 0 Å². The normalized spacial score (nSPS) is 20.4. The molecule has 0 spiro atoms. The van der Waals surface area contributed by atoms with E-state index in [0.717, 1.165) is 21.3 Å². The Morgan fingerprint density at radius 3 is 2.58 bits per heavy atom. The maximum Gasteiger partial charge on any atom is 0.323 e. The summed E-state index contributed by atoms with van der Waals surface area (Å²) < 4.78 is 27.8. The standard InChI is InChI=1S/C27H28N4O6S/c1-2-7-21(28-26(33)20-12-11-18-8-3-4-9-19(18)16-20)27(34)29-15-13-22-25(29)23(32)17-31(22)38(36,37)24-10-5-6-14-30(24)35/h3-6,8-12,14,16,21-22,25H,2,7,13,15,17H2,1H3,(H,28,33). The predicted molar refractivity (Wildman–Crippen MR) is 138 cm³/mol. The van der Waals surface area contributed by atoms with Crippen LogP contribution in [0.4, 0.5) is 0 Å². The molecule has 2 aromatic carbocycles. The van der Waals surface area contributed by atoms with Gasteiger partial charge in [0.05, 0.1) is 12.6 Å². The minimum absolute atomic E-state index is 0.171. The zero-order valence-corrected chi connectivity index (χ0v) is 21.6. The van der Waals surface area contributed by atoms with Gasteiger partial charge in [-0.2, -0.15) is 9.04 Å². The number of Topliss-reactive ketones (excluding diaryl/α,β-unsaturated/α-hetero) is 1. The van der Waals surface area contributed by atoms with E-state index < -0.39 is 57.3 Å².